The van der Waals surface area contributed by atoms with Crippen molar-refractivity contribution in [2.24, 2.45) is 0 Å². The number of aliphatic hydroxyl groups excluding tert-OH is 1. The number of likely N-dealkylation sites (N-methyl/N-ethyl adjacent to an activating group) is 1. The smallest absolute Gasteiger partial charge is 0.333 e. The number of quaternary nitrogens is 1. The van der Waals surface area contributed by atoms with Crippen LogP contribution in [0, 0.1) is 0 Å². The van der Waals surface area contributed by atoms with Crippen LogP contribution in [0.4, 0.5) is 0 Å². The predicted octanol–water partition coefficient (Wildman–Crippen LogP) is -2.04. The number of carbonyl (C=O) groups excluding carboxylic acids is 1. The standard InChI is InChI=1S/C12H24NO3.BrH/c1-10(2)12(15)16-8-6-7-11(14)9-13(3,4)5;/h11,14H,1,6-9H2,2-5H3;1H/q+1;/p-1. The molecule has 1 atom stereocenters. The Morgan fingerprint density at radius 2 is 1.94 bits per heavy atom. The molecular weight excluding hydrogens is 286 g/mol. The molecule has 0 aliphatic heterocycles. The fraction of sp³-hybridized carbons (Fsp3) is 0.750. The minimum absolute atomic E-state index is 0. The average molecular weight is 310 g/mol. The molecule has 5 heteroatoms. The first-order valence-electron chi connectivity index (χ1n) is 5.53. The Morgan fingerprint density at radius 3 is 2.35 bits per heavy atom. The van der Waals surface area contributed by atoms with Gasteiger partial charge in [0.1, 0.15) is 12.6 Å². The second-order valence-electron chi connectivity index (χ2n) is 5.19. The Balaban J connectivity index is 0. The van der Waals surface area contributed by atoms with E-state index in [9.17, 15) is 9.90 Å². The predicted molar refractivity (Wildman–Crippen MR) is 63.9 cm³/mol. The number of carbonyl (C=O) groups is 1. The van der Waals surface area contributed by atoms with Crippen molar-refractivity contribution in [2.45, 2.75) is 25.9 Å². The van der Waals surface area contributed by atoms with E-state index in [0.29, 0.717) is 31.6 Å². The molecule has 1 unspecified atom stereocenters. The highest BCUT2D eigenvalue weighted by atomic mass is 79.9. The summed E-state index contributed by atoms with van der Waals surface area (Å²) in [5, 5.41) is 9.69. The second-order valence-corrected chi connectivity index (χ2v) is 5.19. The molecule has 0 aliphatic carbocycles. The van der Waals surface area contributed by atoms with Crippen LogP contribution < -0.4 is 17.0 Å². The summed E-state index contributed by atoms with van der Waals surface area (Å²) in [4.78, 5) is 11.0. The third-order valence-electron chi connectivity index (χ3n) is 2.02. The molecule has 4 nitrogen and oxygen atoms in total. The SMILES string of the molecule is C=C(C)C(=O)OCCCC(O)C[N+](C)(C)C.[Br-]. The van der Waals surface area contributed by atoms with Crippen molar-refractivity contribution in [3.8, 4) is 0 Å². The van der Waals surface area contributed by atoms with E-state index < -0.39 is 0 Å². The molecule has 0 rings (SSSR count). The molecule has 0 bridgehead atoms. The van der Waals surface area contributed by atoms with Crippen molar-refractivity contribution in [3.63, 3.8) is 0 Å². The quantitative estimate of drug-likeness (QED) is 0.255. The molecule has 0 aromatic carbocycles. The lowest BCUT2D eigenvalue weighted by molar-refractivity contribution is -0.873. The molecule has 0 spiro atoms. The van der Waals surface area contributed by atoms with E-state index >= 15 is 0 Å². The first kappa shape index (κ1) is 19.0. The summed E-state index contributed by atoms with van der Waals surface area (Å²) >= 11 is 0. The van der Waals surface area contributed by atoms with Crippen LogP contribution >= 0.6 is 0 Å². The number of hydrogen-bond donors (Lipinski definition) is 1. The fourth-order valence-electron chi connectivity index (χ4n) is 1.33. The fourth-order valence-corrected chi connectivity index (χ4v) is 1.33. The molecule has 102 valence electrons. The summed E-state index contributed by atoms with van der Waals surface area (Å²) in [6.07, 6.45) is 0.989. The molecule has 17 heavy (non-hydrogen) atoms. The van der Waals surface area contributed by atoms with Gasteiger partial charge in [0, 0.05) is 5.57 Å². The van der Waals surface area contributed by atoms with Gasteiger partial charge in [-0.2, -0.15) is 0 Å². The van der Waals surface area contributed by atoms with Gasteiger partial charge < -0.3 is 31.3 Å². The summed E-state index contributed by atoms with van der Waals surface area (Å²) in [5.41, 5.74) is 0.409. The van der Waals surface area contributed by atoms with Gasteiger partial charge in [-0.3, -0.25) is 0 Å². The number of hydrogen-bond acceptors (Lipinski definition) is 3. The minimum atomic E-state index is -0.360. The van der Waals surface area contributed by atoms with Gasteiger partial charge in [-0.15, -0.1) is 0 Å². The van der Waals surface area contributed by atoms with Crippen LogP contribution in [0.25, 0.3) is 0 Å². The lowest BCUT2D eigenvalue weighted by Crippen LogP contribution is -3.00. The molecular formula is C12H24BrNO3. The molecule has 0 radical (unpaired) electrons. The van der Waals surface area contributed by atoms with Crippen LogP contribution in [0.3, 0.4) is 0 Å². The largest absolute Gasteiger partial charge is 1.00 e. The van der Waals surface area contributed by atoms with Gasteiger partial charge in [-0.25, -0.2) is 4.79 Å². The Bertz CT molecular complexity index is 249. The van der Waals surface area contributed by atoms with Crippen LogP contribution in [0.5, 0.6) is 0 Å². The molecule has 0 saturated heterocycles. The van der Waals surface area contributed by atoms with Gasteiger partial charge in [0.25, 0.3) is 0 Å². The highest BCUT2D eigenvalue weighted by Crippen LogP contribution is 2.03. The zero-order valence-corrected chi connectivity index (χ0v) is 12.8. The van der Waals surface area contributed by atoms with Crippen LogP contribution in [0.2, 0.25) is 0 Å². The molecule has 0 aromatic heterocycles. The Morgan fingerprint density at radius 1 is 1.41 bits per heavy atom. The summed E-state index contributed by atoms with van der Waals surface area (Å²) in [6, 6.07) is 0. The monoisotopic (exact) mass is 309 g/mol. The Labute approximate surface area is 115 Å². The number of nitrogens with zero attached hydrogens (tertiary/aromatic N) is 1. The van der Waals surface area contributed by atoms with E-state index in [2.05, 4.69) is 6.58 Å². The molecule has 1 N–H and O–H groups in total. The van der Waals surface area contributed by atoms with Crippen molar-refractivity contribution < 1.29 is 36.1 Å². The van der Waals surface area contributed by atoms with Crippen LogP contribution in [-0.2, 0) is 9.53 Å². The van der Waals surface area contributed by atoms with Gasteiger partial charge in [-0.05, 0) is 19.8 Å². The van der Waals surface area contributed by atoms with Crippen LogP contribution in [0.15, 0.2) is 12.2 Å². The molecule has 0 fully saturated rings. The number of esters is 1. The van der Waals surface area contributed by atoms with E-state index in [1.807, 2.05) is 21.1 Å². The maximum absolute atomic E-state index is 11.0. The maximum atomic E-state index is 11.0. The molecule has 0 heterocycles. The Kier molecular flexibility index (Phi) is 9.66. The number of halogens is 1. The first-order valence-corrected chi connectivity index (χ1v) is 5.53. The maximum Gasteiger partial charge on any atom is 0.333 e. The van der Waals surface area contributed by atoms with Crippen molar-refractivity contribution in [2.75, 3.05) is 34.3 Å². The lowest BCUT2D eigenvalue weighted by Gasteiger charge is -2.26. The molecule has 0 aliphatic rings. The highest BCUT2D eigenvalue weighted by molar-refractivity contribution is 5.86. The number of ether oxygens (including phenoxy) is 1. The normalized spacial score (nSPS) is 12.5. The van der Waals surface area contributed by atoms with Crippen molar-refractivity contribution >= 4 is 5.97 Å². The van der Waals surface area contributed by atoms with Crippen molar-refractivity contribution in [1.29, 1.82) is 0 Å². The summed E-state index contributed by atoms with van der Waals surface area (Å²) in [6.45, 7) is 6.16. The van der Waals surface area contributed by atoms with Gasteiger partial charge in [0.2, 0.25) is 0 Å². The van der Waals surface area contributed by atoms with E-state index in [0.717, 1.165) is 4.48 Å². The van der Waals surface area contributed by atoms with Crippen LogP contribution in [0.1, 0.15) is 19.8 Å². The zero-order valence-electron chi connectivity index (χ0n) is 11.2. The summed E-state index contributed by atoms with van der Waals surface area (Å²) in [5.74, 6) is -0.360. The molecule has 0 saturated carbocycles. The van der Waals surface area contributed by atoms with Gasteiger partial charge in [0.05, 0.1) is 27.7 Å². The first-order chi connectivity index (χ1) is 7.22. The van der Waals surface area contributed by atoms with Crippen molar-refractivity contribution in [3.05, 3.63) is 12.2 Å². The van der Waals surface area contributed by atoms with Gasteiger partial charge >= 0.3 is 5.97 Å². The highest BCUT2D eigenvalue weighted by Gasteiger charge is 2.15. The summed E-state index contributed by atoms with van der Waals surface area (Å²) in [7, 11) is 6.10. The van der Waals surface area contributed by atoms with Gasteiger partial charge in [0.15, 0.2) is 0 Å². The zero-order chi connectivity index (χ0) is 12.8. The lowest BCUT2D eigenvalue weighted by atomic mass is 10.2. The third kappa shape index (κ3) is 11.9. The van der Waals surface area contributed by atoms with Gasteiger partial charge in [-0.1, -0.05) is 6.58 Å². The number of aliphatic hydroxyl groups is 1. The average Bonchev–Trinajstić information content (AvgIpc) is 2.08. The third-order valence-corrected chi connectivity index (χ3v) is 2.02. The Hall–Kier alpha value is -0.390. The summed E-state index contributed by atoms with van der Waals surface area (Å²) < 4.78 is 5.66. The van der Waals surface area contributed by atoms with Crippen molar-refractivity contribution in [1.82, 2.24) is 0 Å². The minimum Gasteiger partial charge on any atom is -1.00 e. The topological polar surface area (TPSA) is 46.5 Å². The van der Waals surface area contributed by atoms with E-state index in [1.54, 1.807) is 6.92 Å². The van der Waals surface area contributed by atoms with Crippen LogP contribution in [-0.4, -0.2) is 56.0 Å². The van der Waals surface area contributed by atoms with E-state index in [-0.39, 0.29) is 29.1 Å². The number of rotatable bonds is 7. The van der Waals surface area contributed by atoms with E-state index in [4.69, 9.17) is 4.74 Å². The molecule has 0 aromatic rings. The molecule has 0 amide bonds. The second kappa shape index (κ2) is 8.66. The van der Waals surface area contributed by atoms with E-state index in [1.165, 1.54) is 0 Å².